The molecule has 122 valence electrons. The molecule has 3 N–H and O–H groups in total. The summed E-state index contributed by atoms with van der Waals surface area (Å²) in [6.45, 7) is 1.20. The molecule has 0 fully saturated rings. The molecule has 2 aromatic rings. The van der Waals surface area contributed by atoms with E-state index in [1.165, 1.54) is 0 Å². The van der Waals surface area contributed by atoms with E-state index < -0.39 is 5.92 Å². The highest BCUT2D eigenvalue weighted by atomic mass is 79.9. The summed E-state index contributed by atoms with van der Waals surface area (Å²) >= 11 is 3.33. The third kappa shape index (κ3) is 3.45. The molecular weight excluding hydrogens is 366 g/mol. The van der Waals surface area contributed by atoms with Crippen molar-refractivity contribution in [3.05, 3.63) is 34.5 Å². The van der Waals surface area contributed by atoms with Gasteiger partial charge in [-0.25, -0.2) is 5.43 Å². The van der Waals surface area contributed by atoms with Crippen molar-refractivity contribution in [1.82, 2.24) is 15.6 Å². The Balaban J connectivity index is 1.78. The number of H-pyrrole nitrogens is 1. The van der Waals surface area contributed by atoms with Crippen LogP contribution in [0.15, 0.2) is 32.5 Å². The minimum atomic E-state index is -0.434. The van der Waals surface area contributed by atoms with Gasteiger partial charge in [0.15, 0.2) is 0 Å². The van der Waals surface area contributed by atoms with Crippen LogP contribution in [-0.2, 0) is 16.0 Å². The van der Waals surface area contributed by atoms with E-state index in [-0.39, 0.29) is 5.91 Å². The van der Waals surface area contributed by atoms with E-state index in [0.29, 0.717) is 36.7 Å². The number of aromatic amines is 1. The number of carbonyl (C=O) groups excluding carboxylic acids is 1. The summed E-state index contributed by atoms with van der Waals surface area (Å²) in [6, 6.07) is 1.84. The number of furan rings is 1. The van der Waals surface area contributed by atoms with Gasteiger partial charge in [-0.3, -0.25) is 9.89 Å². The summed E-state index contributed by atoms with van der Waals surface area (Å²) in [4.78, 5) is 12.1. The molecule has 0 bridgehead atoms. The van der Waals surface area contributed by atoms with Crippen LogP contribution < -0.4 is 10.7 Å². The lowest BCUT2D eigenvalue weighted by Gasteiger charge is -2.10. The first-order valence-electron chi connectivity index (χ1n) is 7.06. The summed E-state index contributed by atoms with van der Waals surface area (Å²) in [5, 5.41) is 14.3. The molecule has 0 saturated heterocycles. The Labute approximate surface area is 140 Å². The van der Waals surface area contributed by atoms with E-state index in [9.17, 15) is 4.79 Å². The second-order valence-electron chi connectivity index (χ2n) is 5.04. The number of aromatic nitrogens is 2. The predicted octanol–water partition coefficient (Wildman–Crippen LogP) is 1.52. The number of hydrogen-bond acceptors (Lipinski definition) is 6. The molecule has 3 heterocycles. The van der Waals surface area contributed by atoms with Crippen LogP contribution in [0.2, 0.25) is 0 Å². The lowest BCUT2D eigenvalue weighted by Crippen LogP contribution is -2.26. The van der Waals surface area contributed by atoms with E-state index >= 15 is 0 Å². The van der Waals surface area contributed by atoms with Gasteiger partial charge in [0, 0.05) is 20.1 Å². The Morgan fingerprint density at radius 2 is 2.39 bits per heavy atom. The smallest absolute Gasteiger partial charge is 0.249 e. The zero-order chi connectivity index (χ0) is 16.2. The number of anilines is 1. The topological polar surface area (TPSA) is 105 Å². The fourth-order valence-electron chi connectivity index (χ4n) is 2.38. The molecule has 0 spiro atoms. The SMILES string of the molecule is COCCNc1cn[nH]c1C1=NNC(=O)C1Cc1cc(Br)co1. The minimum absolute atomic E-state index is 0.162. The zero-order valence-corrected chi connectivity index (χ0v) is 14.0. The van der Waals surface area contributed by atoms with E-state index in [4.69, 9.17) is 9.15 Å². The van der Waals surface area contributed by atoms with E-state index in [1.54, 1.807) is 19.6 Å². The molecule has 8 nitrogen and oxygen atoms in total. The van der Waals surface area contributed by atoms with Crippen LogP contribution >= 0.6 is 15.9 Å². The largest absolute Gasteiger partial charge is 0.468 e. The van der Waals surface area contributed by atoms with Gasteiger partial charge in [0.05, 0.1) is 28.9 Å². The average molecular weight is 382 g/mol. The van der Waals surface area contributed by atoms with Crippen LogP contribution in [0.1, 0.15) is 11.5 Å². The van der Waals surface area contributed by atoms with Gasteiger partial charge in [0.2, 0.25) is 5.91 Å². The summed E-state index contributed by atoms with van der Waals surface area (Å²) in [6.07, 6.45) is 3.68. The summed E-state index contributed by atoms with van der Waals surface area (Å²) in [7, 11) is 1.64. The number of carbonyl (C=O) groups is 1. The van der Waals surface area contributed by atoms with Gasteiger partial charge in [-0.15, -0.1) is 0 Å². The highest BCUT2D eigenvalue weighted by molar-refractivity contribution is 9.10. The molecule has 0 aromatic carbocycles. The number of hydrogen-bond donors (Lipinski definition) is 3. The van der Waals surface area contributed by atoms with Crippen molar-refractivity contribution in [3.63, 3.8) is 0 Å². The lowest BCUT2D eigenvalue weighted by molar-refractivity contribution is -0.122. The molecule has 0 aliphatic carbocycles. The van der Waals surface area contributed by atoms with Crippen molar-refractivity contribution in [2.75, 3.05) is 25.6 Å². The molecule has 0 saturated carbocycles. The van der Waals surface area contributed by atoms with Gasteiger partial charge in [-0.2, -0.15) is 10.2 Å². The average Bonchev–Trinajstić information content (AvgIpc) is 3.23. The van der Waals surface area contributed by atoms with Crippen LogP contribution in [0.25, 0.3) is 0 Å². The van der Waals surface area contributed by atoms with E-state index in [1.807, 2.05) is 6.07 Å². The quantitative estimate of drug-likeness (QED) is 0.630. The van der Waals surface area contributed by atoms with Crippen LogP contribution in [0.4, 0.5) is 5.69 Å². The first-order chi connectivity index (χ1) is 11.2. The number of amides is 1. The lowest BCUT2D eigenvalue weighted by atomic mass is 9.95. The van der Waals surface area contributed by atoms with E-state index in [2.05, 4.69) is 42.0 Å². The van der Waals surface area contributed by atoms with Crippen molar-refractivity contribution in [2.24, 2.45) is 11.0 Å². The summed E-state index contributed by atoms with van der Waals surface area (Å²) in [5.74, 6) is 0.112. The normalized spacial score (nSPS) is 17.2. The number of rotatable bonds is 7. The molecule has 23 heavy (non-hydrogen) atoms. The Hall–Kier alpha value is -2.13. The van der Waals surface area contributed by atoms with Gasteiger partial charge in [-0.1, -0.05) is 0 Å². The number of ether oxygens (including phenoxy) is 1. The molecule has 1 amide bonds. The monoisotopic (exact) mass is 381 g/mol. The summed E-state index contributed by atoms with van der Waals surface area (Å²) < 4.78 is 11.3. The fraction of sp³-hybridized carbons (Fsp3) is 0.357. The standard InChI is InChI=1S/C14H16BrN5O3/c1-22-3-2-16-11-6-17-18-13(11)12-10(14(21)20-19-12)5-9-4-8(15)7-23-9/h4,6-7,10,16H,2-3,5H2,1H3,(H,17,18)(H,20,21). The van der Waals surface area contributed by atoms with Crippen molar-refractivity contribution in [1.29, 1.82) is 0 Å². The number of hydrazone groups is 1. The van der Waals surface area contributed by atoms with Gasteiger partial charge >= 0.3 is 0 Å². The number of nitrogens with one attached hydrogen (secondary N) is 3. The molecular formula is C14H16BrN5O3. The molecule has 9 heteroatoms. The highest BCUT2D eigenvalue weighted by Crippen LogP contribution is 2.25. The molecule has 1 aliphatic heterocycles. The van der Waals surface area contributed by atoms with Gasteiger partial charge in [0.25, 0.3) is 0 Å². The number of methoxy groups -OCH3 is 1. The fourth-order valence-corrected chi connectivity index (χ4v) is 2.73. The van der Waals surface area contributed by atoms with Gasteiger partial charge < -0.3 is 14.5 Å². The Kier molecular flexibility index (Phi) is 4.77. The Morgan fingerprint density at radius 3 is 3.13 bits per heavy atom. The maximum atomic E-state index is 12.1. The first kappa shape index (κ1) is 15.8. The van der Waals surface area contributed by atoms with Crippen molar-refractivity contribution in [3.8, 4) is 0 Å². The maximum Gasteiger partial charge on any atom is 0.249 e. The van der Waals surface area contributed by atoms with Crippen molar-refractivity contribution in [2.45, 2.75) is 6.42 Å². The second kappa shape index (κ2) is 6.97. The number of halogens is 1. The molecule has 1 atom stereocenters. The third-order valence-corrected chi connectivity index (χ3v) is 3.89. The Morgan fingerprint density at radius 1 is 1.52 bits per heavy atom. The maximum absolute atomic E-state index is 12.1. The van der Waals surface area contributed by atoms with Crippen molar-refractivity contribution < 1.29 is 13.9 Å². The molecule has 2 aromatic heterocycles. The van der Waals surface area contributed by atoms with Gasteiger partial charge in [-0.05, 0) is 22.0 Å². The van der Waals surface area contributed by atoms with Gasteiger partial charge in [0.1, 0.15) is 23.4 Å². The second-order valence-corrected chi connectivity index (χ2v) is 5.95. The molecule has 0 radical (unpaired) electrons. The predicted molar refractivity (Wildman–Crippen MR) is 87.2 cm³/mol. The molecule has 1 aliphatic rings. The molecule has 1 unspecified atom stereocenters. The van der Waals surface area contributed by atoms with Crippen LogP contribution in [0, 0.1) is 5.92 Å². The molecule has 3 rings (SSSR count). The van der Waals surface area contributed by atoms with Crippen LogP contribution in [0.3, 0.4) is 0 Å². The summed E-state index contributed by atoms with van der Waals surface area (Å²) in [5.41, 5.74) is 4.61. The van der Waals surface area contributed by atoms with E-state index in [0.717, 1.165) is 10.2 Å². The van der Waals surface area contributed by atoms with Crippen molar-refractivity contribution >= 4 is 33.2 Å². The number of nitrogens with zero attached hydrogens (tertiary/aromatic N) is 2. The minimum Gasteiger partial charge on any atom is -0.468 e. The van der Waals surface area contributed by atoms with Crippen LogP contribution in [0.5, 0.6) is 0 Å². The highest BCUT2D eigenvalue weighted by Gasteiger charge is 2.34. The Bertz CT molecular complexity index is 724. The zero-order valence-electron chi connectivity index (χ0n) is 12.4. The third-order valence-electron chi connectivity index (χ3n) is 3.48. The first-order valence-corrected chi connectivity index (χ1v) is 7.85. The van der Waals surface area contributed by atoms with Crippen LogP contribution in [-0.4, -0.2) is 42.1 Å².